The number of hydrogen-bond acceptors (Lipinski definition) is 5. The van der Waals surface area contributed by atoms with Crippen LogP contribution in [-0.2, 0) is 0 Å². The second kappa shape index (κ2) is 7.17. The number of aromatic nitrogens is 3. The van der Waals surface area contributed by atoms with Gasteiger partial charge in [-0.3, -0.25) is 9.20 Å². The number of fused-ring (bicyclic) bond motifs is 1. The van der Waals surface area contributed by atoms with Crippen LogP contribution in [0.3, 0.4) is 0 Å². The van der Waals surface area contributed by atoms with Crippen molar-refractivity contribution >= 4 is 29.2 Å². The molecule has 6 nitrogen and oxygen atoms in total. The van der Waals surface area contributed by atoms with Crippen molar-refractivity contribution in [3.8, 4) is 11.5 Å². The second-order valence-corrected chi connectivity index (χ2v) is 6.15. The van der Waals surface area contributed by atoms with E-state index in [2.05, 4.69) is 9.97 Å². The van der Waals surface area contributed by atoms with Crippen molar-refractivity contribution in [2.24, 2.45) is 0 Å². The van der Waals surface area contributed by atoms with Crippen LogP contribution in [0.1, 0.15) is 27.4 Å². The lowest BCUT2D eigenvalue weighted by Gasteiger charge is -2.10. The number of methoxy groups -OCH3 is 2. The standard InChI is InChI=1S/C19H18ClN3O3/c1-11-7-12(2)23-13(10-21-19(23)22-11)5-6-16(24)14-8-15(20)18(26-4)9-17(14)25-3/h5-10H,1-4H3. The molecular formula is C19H18ClN3O3. The van der Waals surface area contributed by atoms with E-state index in [0.29, 0.717) is 27.9 Å². The molecule has 0 unspecified atom stereocenters. The van der Waals surface area contributed by atoms with Gasteiger partial charge in [-0.2, -0.15) is 0 Å². The van der Waals surface area contributed by atoms with E-state index >= 15 is 0 Å². The minimum Gasteiger partial charge on any atom is -0.496 e. The summed E-state index contributed by atoms with van der Waals surface area (Å²) in [5, 5.41) is 0.343. The van der Waals surface area contributed by atoms with Gasteiger partial charge in [-0.05, 0) is 38.1 Å². The molecule has 0 saturated heterocycles. The highest BCUT2D eigenvalue weighted by Crippen LogP contribution is 2.33. The molecule has 0 fully saturated rings. The van der Waals surface area contributed by atoms with Gasteiger partial charge in [-0.25, -0.2) is 9.97 Å². The number of benzene rings is 1. The lowest BCUT2D eigenvalue weighted by Crippen LogP contribution is -2.01. The first kappa shape index (κ1) is 17.9. The van der Waals surface area contributed by atoms with Gasteiger partial charge in [-0.1, -0.05) is 11.6 Å². The quantitative estimate of drug-likeness (QED) is 0.502. The molecule has 0 radical (unpaired) electrons. The van der Waals surface area contributed by atoms with Gasteiger partial charge < -0.3 is 9.47 Å². The molecular weight excluding hydrogens is 354 g/mol. The van der Waals surface area contributed by atoms with E-state index in [9.17, 15) is 4.79 Å². The Kier molecular flexibility index (Phi) is 4.95. The highest BCUT2D eigenvalue weighted by atomic mass is 35.5. The van der Waals surface area contributed by atoms with E-state index in [1.54, 1.807) is 18.3 Å². The second-order valence-electron chi connectivity index (χ2n) is 5.74. The zero-order valence-electron chi connectivity index (χ0n) is 14.9. The summed E-state index contributed by atoms with van der Waals surface area (Å²) in [5.74, 6) is 1.20. The van der Waals surface area contributed by atoms with Gasteiger partial charge in [0.15, 0.2) is 5.78 Å². The van der Waals surface area contributed by atoms with Crippen molar-refractivity contribution in [2.45, 2.75) is 13.8 Å². The SMILES string of the molecule is COc1cc(OC)c(C(=O)C=Cc2cnc3nc(C)cc(C)n23)cc1Cl. The Labute approximate surface area is 156 Å². The van der Waals surface area contributed by atoms with Gasteiger partial charge in [0.05, 0.1) is 36.7 Å². The summed E-state index contributed by atoms with van der Waals surface area (Å²) >= 11 is 6.14. The van der Waals surface area contributed by atoms with E-state index in [-0.39, 0.29) is 5.78 Å². The number of rotatable bonds is 5. The largest absolute Gasteiger partial charge is 0.496 e. The van der Waals surface area contributed by atoms with Crippen LogP contribution in [0, 0.1) is 13.8 Å². The summed E-state index contributed by atoms with van der Waals surface area (Å²) in [5.41, 5.74) is 3.00. The molecule has 0 spiro atoms. The number of hydrogen-bond donors (Lipinski definition) is 0. The van der Waals surface area contributed by atoms with E-state index in [1.165, 1.54) is 26.4 Å². The average Bonchev–Trinajstić information content (AvgIpc) is 3.02. The molecule has 2 heterocycles. The topological polar surface area (TPSA) is 65.7 Å². The number of carbonyl (C=O) groups is 1. The van der Waals surface area contributed by atoms with Crippen molar-refractivity contribution in [1.29, 1.82) is 0 Å². The lowest BCUT2D eigenvalue weighted by atomic mass is 10.1. The van der Waals surface area contributed by atoms with Crippen molar-refractivity contribution in [1.82, 2.24) is 14.4 Å². The number of allylic oxidation sites excluding steroid dienone is 1. The summed E-state index contributed by atoms with van der Waals surface area (Å²) in [6.45, 7) is 3.88. The fourth-order valence-corrected chi connectivity index (χ4v) is 3.01. The van der Waals surface area contributed by atoms with Crippen LogP contribution in [0.25, 0.3) is 11.9 Å². The van der Waals surface area contributed by atoms with Gasteiger partial charge in [0.1, 0.15) is 11.5 Å². The molecule has 3 aromatic rings. The summed E-state index contributed by atoms with van der Waals surface area (Å²) in [7, 11) is 3.00. The van der Waals surface area contributed by atoms with Crippen LogP contribution in [0.4, 0.5) is 0 Å². The number of imidazole rings is 1. The normalized spacial score (nSPS) is 11.3. The Morgan fingerprint density at radius 2 is 1.88 bits per heavy atom. The van der Waals surface area contributed by atoms with Gasteiger partial charge in [0.25, 0.3) is 0 Å². The van der Waals surface area contributed by atoms with Crippen molar-refractivity contribution in [3.63, 3.8) is 0 Å². The summed E-state index contributed by atoms with van der Waals surface area (Å²) in [6.07, 6.45) is 4.84. The number of ether oxygens (including phenoxy) is 2. The first-order valence-corrected chi connectivity index (χ1v) is 8.28. The molecule has 0 bridgehead atoms. The molecule has 1 aromatic carbocycles. The van der Waals surface area contributed by atoms with Crippen LogP contribution in [-0.4, -0.2) is 34.4 Å². The Morgan fingerprint density at radius 3 is 2.58 bits per heavy atom. The highest BCUT2D eigenvalue weighted by Gasteiger charge is 2.15. The molecule has 0 amide bonds. The van der Waals surface area contributed by atoms with Gasteiger partial charge in [-0.15, -0.1) is 0 Å². The van der Waals surface area contributed by atoms with Crippen LogP contribution in [0.5, 0.6) is 11.5 Å². The molecule has 0 N–H and O–H groups in total. The Morgan fingerprint density at radius 1 is 1.15 bits per heavy atom. The highest BCUT2D eigenvalue weighted by molar-refractivity contribution is 6.32. The van der Waals surface area contributed by atoms with Crippen LogP contribution < -0.4 is 9.47 Å². The first-order valence-electron chi connectivity index (χ1n) is 7.90. The molecule has 2 aromatic heterocycles. The number of halogens is 1. The van der Waals surface area contributed by atoms with Crippen LogP contribution >= 0.6 is 11.6 Å². The van der Waals surface area contributed by atoms with Crippen LogP contribution in [0.2, 0.25) is 5.02 Å². The fourth-order valence-electron chi connectivity index (χ4n) is 2.77. The Balaban J connectivity index is 1.97. The molecule has 134 valence electrons. The van der Waals surface area contributed by atoms with Crippen molar-refractivity contribution in [2.75, 3.05) is 14.2 Å². The molecule has 0 aliphatic carbocycles. The van der Waals surface area contributed by atoms with E-state index in [0.717, 1.165) is 17.1 Å². The molecule has 0 saturated carbocycles. The van der Waals surface area contributed by atoms with E-state index < -0.39 is 0 Å². The third kappa shape index (κ3) is 3.28. The third-order valence-electron chi connectivity index (χ3n) is 3.96. The summed E-state index contributed by atoms with van der Waals surface area (Å²) < 4.78 is 12.3. The molecule has 0 atom stereocenters. The monoisotopic (exact) mass is 371 g/mol. The molecule has 7 heteroatoms. The van der Waals surface area contributed by atoms with Gasteiger partial charge in [0, 0.05) is 17.5 Å². The molecule has 0 aliphatic heterocycles. The zero-order valence-corrected chi connectivity index (χ0v) is 15.7. The predicted octanol–water partition coefficient (Wildman–Crippen LogP) is 3.91. The Bertz CT molecular complexity index is 1020. The van der Waals surface area contributed by atoms with Crippen molar-refractivity contribution in [3.05, 3.63) is 58.1 Å². The maximum Gasteiger partial charge on any atom is 0.234 e. The van der Waals surface area contributed by atoms with E-state index in [4.69, 9.17) is 21.1 Å². The third-order valence-corrected chi connectivity index (χ3v) is 4.26. The predicted molar refractivity (Wildman–Crippen MR) is 100 cm³/mol. The number of carbonyl (C=O) groups excluding carboxylic acids is 1. The van der Waals surface area contributed by atoms with Gasteiger partial charge >= 0.3 is 0 Å². The molecule has 26 heavy (non-hydrogen) atoms. The number of aryl methyl sites for hydroxylation is 2. The molecule has 3 rings (SSSR count). The maximum atomic E-state index is 12.6. The minimum atomic E-state index is -0.237. The van der Waals surface area contributed by atoms with Crippen LogP contribution in [0.15, 0.2) is 30.5 Å². The smallest absolute Gasteiger partial charge is 0.234 e. The average molecular weight is 372 g/mol. The first-order chi connectivity index (χ1) is 12.4. The lowest BCUT2D eigenvalue weighted by molar-refractivity contribution is 0.104. The molecule has 0 aliphatic rings. The summed E-state index contributed by atoms with van der Waals surface area (Å²) in [6, 6.07) is 5.09. The van der Waals surface area contributed by atoms with Crippen molar-refractivity contribution < 1.29 is 14.3 Å². The van der Waals surface area contributed by atoms with Gasteiger partial charge in [0.2, 0.25) is 5.78 Å². The summed E-state index contributed by atoms with van der Waals surface area (Å²) in [4.78, 5) is 21.3. The number of nitrogens with zero attached hydrogens (tertiary/aromatic N) is 3. The zero-order chi connectivity index (χ0) is 18.8. The minimum absolute atomic E-state index is 0.237. The number of ketones is 1. The fraction of sp³-hybridized carbons (Fsp3) is 0.211. The van der Waals surface area contributed by atoms with E-state index in [1.807, 2.05) is 24.3 Å². The Hall–Kier alpha value is -2.86. The maximum absolute atomic E-state index is 12.6.